The molecule has 1 amide bonds. The smallest absolute Gasteiger partial charge is 0.237 e. The SMILES string of the molecule is CCC(NC(=O)[C@H]1CCCCN1)c1ncc[nH]1. The molecule has 1 aromatic heterocycles. The molecule has 1 fully saturated rings. The largest absolute Gasteiger partial charge is 0.347 e. The van der Waals surface area contributed by atoms with Crippen LogP contribution in [0.5, 0.6) is 0 Å². The third kappa shape index (κ3) is 3.06. The first-order valence-electron chi connectivity index (χ1n) is 6.34. The van der Waals surface area contributed by atoms with Crippen LogP contribution in [0, 0.1) is 0 Å². The van der Waals surface area contributed by atoms with Crippen molar-refractivity contribution in [1.29, 1.82) is 0 Å². The topological polar surface area (TPSA) is 69.8 Å². The summed E-state index contributed by atoms with van der Waals surface area (Å²) < 4.78 is 0. The Morgan fingerprint density at radius 2 is 2.53 bits per heavy atom. The Bertz CT molecular complexity index is 343. The van der Waals surface area contributed by atoms with Crippen molar-refractivity contribution in [1.82, 2.24) is 20.6 Å². The molecule has 0 radical (unpaired) electrons. The maximum atomic E-state index is 12.0. The van der Waals surface area contributed by atoms with Crippen molar-refractivity contribution < 1.29 is 4.79 Å². The predicted molar refractivity (Wildman–Crippen MR) is 65.4 cm³/mol. The van der Waals surface area contributed by atoms with Gasteiger partial charge in [-0.25, -0.2) is 4.98 Å². The van der Waals surface area contributed by atoms with Crippen LogP contribution in [0.4, 0.5) is 0 Å². The van der Waals surface area contributed by atoms with Gasteiger partial charge in [-0.3, -0.25) is 4.79 Å². The van der Waals surface area contributed by atoms with Crippen molar-refractivity contribution in [2.75, 3.05) is 6.54 Å². The first-order valence-corrected chi connectivity index (χ1v) is 6.34. The lowest BCUT2D eigenvalue weighted by molar-refractivity contribution is -0.124. The molecule has 17 heavy (non-hydrogen) atoms. The van der Waals surface area contributed by atoms with E-state index in [2.05, 4.69) is 20.6 Å². The molecule has 1 aromatic rings. The van der Waals surface area contributed by atoms with Gasteiger partial charge in [0.05, 0.1) is 12.1 Å². The number of hydrogen-bond acceptors (Lipinski definition) is 3. The number of imidazole rings is 1. The minimum absolute atomic E-state index is 0.0128. The lowest BCUT2D eigenvalue weighted by atomic mass is 10.0. The number of amides is 1. The van der Waals surface area contributed by atoms with Gasteiger partial charge >= 0.3 is 0 Å². The fourth-order valence-electron chi connectivity index (χ4n) is 2.18. The maximum Gasteiger partial charge on any atom is 0.237 e. The van der Waals surface area contributed by atoms with Gasteiger partial charge in [-0.1, -0.05) is 13.3 Å². The normalized spacial score (nSPS) is 22.1. The summed E-state index contributed by atoms with van der Waals surface area (Å²) in [6.07, 6.45) is 7.56. The van der Waals surface area contributed by atoms with Gasteiger partial charge in [0, 0.05) is 12.4 Å². The number of aromatic amines is 1. The summed E-state index contributed by atoms with van der Waals surface area (Å²) in [5.74, 6) is 0.921. The van der Waals surface area contributed by atoms with Gasteiger partial charge in [0.1, 0.15) is 5.82 Å². The lowest BCUT2D eigenvalue weighted by Gasteiger charge is -2.24. The highest BCUT2D eigenvalue weighted by Gasteiger charge is 2.23. The molecule has 2 atom stereocenters. The van der Waals surface area contributed by atoms with Crippen LogP contribution in [0.3, 0.4) is 0 Å². The number of hydrogen-bond donors (Lipinski definition) is 3. The average Bonchev–Trinajstić information content (AvgIpc) is 2.90. The Morgan fingerprint density at radius 3 is 3.12 bits per heavy atom. The standard InChI is InChI=1S/C12H20N4O/c1-2-9(11-14-7-8-15-11)16-12(17)10-5-3-4-6-13-10/h7-10,13H,2-6H2,1H3,(H,14,15)(H,16,17)/t9?,10-/m1/s1. The second-order valence-corrected chi connectivity index (χ2v) is 4.45. The summed E-state index contributed by atoms with van der Waals surface area (Å²) in [4.78, 5) is 19.3. The highest BCUT2D eigenvalue weighted by molar-refractivity contribution is 5.82. The van der Waals surface area contributed by atoms with E-state index in [4.69, 9.17) is 0 Å². The average molecular weight is 236 g/mol. The van der Waals surface area contributed by atoms with E-state index in [9.17, 15) is 4.79 Å². The Balaban J connectivity index is 1.92. The fourth-order valence-corrected chi connectivity index (χ4v) is 2.18. The van der Waals surface area contributed by atoms with E-state index in [0.29, 0.717) is 0 Å². The summed E-state index contributed by atoms with van der Waals surface area (Å²) >= 11 is 0. The third-order valence-corrected chi connectivity index (χ3v) is 3.20. The zero-order chi connectivity index (χ0) is 12.1. The highest BCUT2D eigenvalue weighted by atomic mass is 16.2. The summed E-state index contributed by atoms with van der Waals surface area (Å²) in [5.41, 5.74) is 0. The Hall–Kier alpha value is -1.36. The molecule has 5 heteroatoms. The molecule has 2 heterocycles. The summed E-state index contributed by atoms with van der Waals surface area (Å²) in [5, 5.41) is 6.29. The Kier molecular flexibility index (Phi) is 4.14. The van der Waals surface area contributed by atoms with Crippen LogP contribution in [-0.2, 0) is 4.79 Å². The summed E-state index contributed by atoms with van der Waals surface area (Å²) in [6.45, 7) is 2.98. The van der Waals surface area contributed by atoms with Crippen LogP contribution in [-0.4, -0.2) is 28.5 Å². The van der Waals surface area contributed by atoms with Gasteiger partial charge in [-0.2, -0.15) is 0 Å². The van der Waals surface area contributed by atoms with Crippen LogP contribution < -0.4 is 10.6 Å². The van der Waals surface area contributed by atoms with Crippen LogP contribution in [0.15, 0.2) is 12.4 Å². The van der Waals surface area contributed by atoms with E-state index in [-0.39, 0.29) is 18.0 Å². The molecule has 0 saturated carbocycles. The first kappa shape index (κ1) is 12.1. The molecule has 5 nitrogen and oxygen atoms in total. The minimum Gasteiger partial charge on any atom is -0.347 e. The van der Waals surface area contributed by atoms with Crippen LogP contribution in [0.1, 0.15) is 44.5 Å². The van der Waals surface area contributed by atoms with E-state index in [1.165, 1.54) is 6.42 Å². The number of carbonyl (C=O) groups excluding carboxylic acids is 1. The van der Waals surface area contributed by atoms with Gasteiger partial charge in [0.25, 0.3) is 0 Å². The maximum absolute atomic E-state index is 12.0. The van der Waals surface area contributed by atoms with Gasteiger partial charge in [-0.05, 0) is 25.8 Å². The predicted octanol–water partition coefficient (Wildman–Crippen LogP) is 1.12. The van der Waals surface area contributed by atoms with Gasteiger partial charge in [0.15, 0.2) is 0 Å². The molecule has 1 unspecified atom stereocenters. The zero-order valence-electron chi connectivity index (χ0n) is 10.2. The molecule has 3 N–H and O–H groups in total. The van der Waals surface area contributed by atoms with Crippen LogP contribution >= 0.6 is 0 Å². The molecule has 1 aliphatic rings. The summed E-state index contributed by atoms with van der Waals surface area (Å²) in [6, 6.07) is -0.0472. The Labute approximate surface area is 101 Å². The first-order chi connectivity index (χ1) is 8.31. The molecule has 0 spiro atoms. The number of nitrogens with zero attached hydrogens (tertiary/aromatic N) is 1. The lowest BCUT2D eigenvalue weighted by Crippen LogP contribution is -2.47. The molecular weight excluding hydrogens is 216 g/mol. The third-order valence-electron chi connectivity index (χ3n) is 3.20. The van der Waals surface area contributed by atoms with Crippen LogP contribution in [0.2, 0.25) is 0 Å². The van der Waals surface area contributed by atoms with E-state index in [1.54, 1.807) is 12.4 Å². The zero-order valence-corrected chi connectivity index (χ0v) is 10.2. The quantitative estimate of drug-likeness (QED) is 0.733. The van der Waals surface area contributed by atoms with Crippen molar-refractivity contribution in [3.8, 4) is 0 Å². The number of aromatic nitrogens is 2. The molecule has 2 rings (SSSR count). The van der Waals surface area contributed by atoms with E-state index in [1.807, 2.05) is 6.92 Å². The van der Waals surface area contributed by atoms with Gasteiger partial charge in [-0.15, -0.1) is 0 Å². The number of carbonyl (C=O) groups is 1. The number of nitrogens with one attached hydrogen (secondary N) is 3. The molecular formula is C12H20N4O. The summed E-state index contributed by atoms with van der Waals surface area (Å²) in [7, 11) is 0. The van der Waals surface area contributed by atoms with Crippen LogP contribution in [0.25, 0.3) is 0 Å². The van der Waals surface area contributed by atoms with E-state index >= 15 is 0 Å². The number of piperidine rings is 1. The molecule has 0 aliphatic carbocycles. The van der Waals surface area contributed by atoms with Crippen molar-refractivity contribution in [3.63, 3.8) is 0 Å². The van der Waals surface area contributed by atoms with Crippen molar-refractivity contribution >= 4 is 5.91 Å². The molecule has 1 aliphatic heterocycles. The minimum atomic E-state index is -0.0345. The molecule has 94 valence electrons. The second kappa shape index (κ2) is 5.82. The molecule has 0 aromatic carbocycles. The highest BCUT2D eigenvalue weighted by Crippen LogP contribution is 2.13. The van der Waals surface area contributed by atoms with Gasteiger partial charge in [0.2, 0.25) is 5.91 Å². The van der Waals surface area contributed by atoms with Crippen molar-refractivity contribution in [2.24, 2.45) is 0 Å². The van der Waals surface area contributed by atoms with Crippen molar-refractivity contribution in [3.05, 3.63) is 18.2 Å². The molecule has 0 bridgehead atoms. The number of rotatable bonds is 4. The Morgan fingerprint density at radius 1 is 1.65 bits per heavy atom. The molecule has 1 saturated heterocycles. The second-order valence-electron chi connectivity index (χ2n) is 4.45. The van der Waals surface area contributed by atoms with Gasteiger partial charge < -0.3 is 15.6 Å². The number of H-pyrrole nitrogens is 1. The fraction of sp³-hybridized carbons (Fsp3) is 0.667. The van der Waals surface area contributed by atoms with Crippen molar-refractivity contribution in [2.45, 2.75) is 44.7 Å². The van der Waals surface area contributed by atoms with E-state index < -0.39 is 0 Å². The monoisotopic (exact) mass is 236 g/mol. The van der Waals surface area contributed by atoms with E-state index in [0.717, 1.165) is 31.6 Å².